The molecule has 5 nitrogen and oxygen atoms in total. The van der Waals surface area contributed by atoms with Crippen LogP contribution in [0.5, 0.6) is 0 Å². The highest BCUT2D eigenvalue weighted by Crippen LogP contribution is 2.21. The zero-order valence-electron chi connectivity index (χ0n) is 9.91. The monoisotopic (exact) mass is 257 g/mol. The highest BCUT2D eigenvalue weighted by Gasteiger charge is 2.15. The Morgan fingerprint density at radius 1 is 1.29 bits per heavy atom. The summed E-state index contributed by atoms with van der Waals surface area (Å²) in [6.45, 7) is 1.58. The van der Waals surface area contributed by atoms with E-state index < -0.39 is 21.9 Å². The number of hydrogen-bond donors (Lipinski definition) is 1. The van der Waals surface area contributed by atoms with E-state index in [1.165, 1.54) is 7.05 Å². The van der Waals surface area contributed by atoms with Crippen LogP contribution in [0.4, 0.5) is 5.69 Å². The van der Waals surface area contributed by atoms with Crippen LogP contribution >= 0.6 is 0 Å². The fraction of sp³-hybridized carbons (Fsp3) is 0.364. The van der Waals surface area contributed by atoms with Crippen LogP contribution in [-0.2, 0) is 14.8 Å². The summed E-state index contributed by atoms with van der Waals surface area (Å²) in [7, 11) is -1.84. The second-order valence-electron chi connectivity index (χ2n) is 3.88. The Balaban J connectivity index is 3.00. The lowest BCUT2D eigenvalue weighted by molar-refractivity contribution is -0.138. The summed E-state index contributed by atoms with van der Waals surface area (Å²) >= 11 is 0. The van der Waals surface area contributed by atoms with Crippen LogP contribution in [0.1, 0.15) is 18.4 Å². The SMILES string of the molecule is CC(C(=O)O)c1ccc(N(C)S(C)(=O)=O)cc1. The maximum absolute atomic E-state index is 11.3. The summed E-state index contributed by atoms with van der Waals surface area (Å²) in [5.41, 5.74) is 1.15. The number of hydrogen-bond acceptors (Lipinski definition) is 3. The van der Waals surface area contributed by atoms with Gasteiger partial charge in [-0.2, -0.15) is 0 Å². The average Bonchev–Trinajstić information content (AvgIpc) is 2.26. The molecule has 0 aromatic heterocycles. The Morgan fingerprint density at radius 2 is 1.76 bits per heavy atom. The van der Waals surface area contributed by atoms with Gasteiger partial charge >= 0.3 is 5.97 Å². The van der Waals surface area contributed by atoms with Crippen molar-refractivity contribution in [2.75, 3.05) is 17.6 Å². The summed E-state index contributed by atoms with van der Waals surface area (Å²) in [5.74, 6) is -1.51. The lowest BCUT2D eigenvalue weighted by Crippen LogP contribution is -2.24. The summed E-state index contributed by atoms with van der Waals surface area (Å²) in [4.78, 5) is 10.8. The molecule has 1 aromatic carbocycles. The van der Waals surface area contributed by atoms with E-state index in [0.29, 0.717) is 11.3 Å². The number of aliphatic carboxylic acids is 1. The predicted molar refractivity (Wildman–Crippen MR) is 65.7 cm³/mol. The minimum Gasteiger partial charge on any atom is -0.481 e. The molecule has 0 bridgehead atoms. The maximum Gasteiger partial charge on any atom is 0.310 e. The third kappa shape index (κ3) is 3.20. The number of benzene rings is 1. The summed E-state index contributed by atoms with van der Waals surface area (Å²) in [6, 6.07) is 6.43. The molecule has 0 saturated heterocycles. The van der Waals surface area contributed by atoms with E-state index in [1.54, 1.807) is 31.2 Å². The van der Waals surface area contributed by atoms with Gasteiger partial charge in [0, 0.05) is 7.05 Å². The van der Waals surface area contributed by atoms with E-state index in [1.807, 2.05) is 0 Å². The summed E-state index contributed by atoms with van der Waals surface area (Å²) in [6.07, 6.45) is 1.11. The Morgan fingerprint density at radius 3 is 2.12 bits per heavy atom. The molecular formula is C11H15NO4S. The molecule has 0 spiro atoms. The Labute approximate surface area is 101 Å². The number of anilines is 1. The molecule has 17 heavy (non-hydrogen) atoms. The second kappa shape index (κ2) is 4.75. The number of carbonyl (C=O) groups is 1. The fourth-order valence-electron chi connectivity index (χ4n) is 1.31. The minimum absolute atomic E-state index is 0.508. The number of carboxylic acids is 1. The normalized spacial score (nSPS) is 13.1. The van der Waals surface area contributed by atoms with Crippen LogP contribution in [0.2, 0.25) is 0 Å². The molecule has 0 fully saturated rings. The van der Waals surface area contributed by atoms with Crippen molar-refractivity contribution < 1.29 is 18.3 Å². The largest absolute Gasteiger partial charge is 0.481 e. The van der Waals surface area contributed by atoms with E-state index in [4.69, 9.17) is 5.11 Å². The molecule has 0 amide bonds. The first kappa shape index (κ1) is 13.5. The highest BCUT2D eigenvalue weighted by molar-refractivity contribution is 7.92. The maximum atomic E-state index is 11.3. The van der Waals surface area contributed by atoms with E-state index in [-0.39, 0.29) is 0 Å². The first-order valence-electron chi connectivity index (χ1n) is 5.00. The van der Waals surface area contributed by atoms with Gasteiger partial charge in [-0.05, 0) is 24.6 Å². The van der Waals surface area contributed by atoms with E-state index in [0.717, 1.165) is 10.6 Å². The average molecular weight is 257 g/mol. The van der Waals surface area contributed by atoms with Gasteiger partial charge in [-0.1, -0.05) is 12.1 Å². The van der Waals surface area contributed by atoms with Gasteiger partial charge in [0.25, 0.3) is 0 Å². The number of sulfonamides is 1. The van der Waals surface area contributed by atoms with Crippen LogP contribution in [0.15, 0.2) is 24.3 Å². The van der Waals surface area contributed by atoms with Gasteiger partial charge in [-0.15, -0.1) is 0 Å². The van der Waals surface area contributed by atoms with Gasteiger partial charge in [0.1, 0.15) is 0 Å². The number of rotatable bonds is 4. The standard InChI is InChI=1S/C11H15NO4S/c1-8(11(13)14)9-4-6-10(7-5-9)12(2)17(3,15)16/h4-8H,1-3H3,(H,13,14). The lowest BCUT2D eigenvalue weighted by atomic mass is 10.0. The van der Waals surface area contributed by atoms with Crippen molar-refractivity contribution in [3.63, 3.8) is 0 Å². The molecule has 0 radical (unpaired) electrons. The smallest absolute Gasteiger partial charge is 0.310 e. The molecule has 0 aliphatic rings. The van der Waals surface area contributed by atoms with Crippen molar-refractivity contribution in [3.05, 3.63) is 29.8 Å². The fourth-order valence-corrected chi connectivity index (χ4v) is 1.81. The van der Waals surface area contributed by atoms with Crippen molar-refractivity contribution in [1.29, 1.82) is 0 Å². The predicted octanol–water partition coefficient (Wildman–Crippen LogP) is 1.27. The molecule has 1 unspecified atom stereocenters. The summed E-state index contributed by atoms with van der Waals surface area (Å²) < 4.78 is 23.7. The van der Waals surface area contributed by atoms with Gasteiger partial charge < -0.3 is 5.11 Å². The molecule has 0 heterocycles. The quantitative estimate of drug-likeness (QED) is 0.881. The van der Waals surface area contributed by atoms with Gasteiger partial charge in [-0.25, -0.2) is 8.42 Å². The van der Waals surface area contributed by atoms with Crippen molar-refractivity contribution in [1.82, 2.24) is 0 Å². The highest BCUT2D eigenvalue weighted by atomic mass is 32.2. The molecule has 0 aliphatic carbocycles. The molecule has 1 rings (SSSR count). The topological polar surface area (TPSA) is 74.7 Å². The minimum atomic E-state index is -3.29. The van der Waals surface area contributed by atoms with Gasteiger partial charge in [-0.3, -0.25) is 9.10 Å². The first-order valence-corrected chi connectivity index (χ1v) is 6.85. The second-order valence-corrected chi connectivity index (χ2v) is 5.90. The Bertz CT molecular complexity index is 507. The molecule has 1 aromatic rings. The van der Waals surface area contributed by atoms with Crippen molar-refractivity contribution >= 4 is 21.7 Å². The van der Waals surface area contributed by atoms with Gasteiger partial charge in [0.2, 0.25) is 10.0 Å². The van der Waals surface area contributed by atoms with Crippen LogP contribution in [0, 0.1) is 0 Å². The molecule has 6 heteroatoms. The van der Waals surface area contributed by atoms with Crippen LogP contribution < -0.4 is 4.31 Å². The first-order chi connectivity index (χ1) is 7.73. The van der Waals surface area contributed by atoms with Crippen molar-refractivity contribution in [2.24, 2.45) is 0 Å². The molecule has 0 saturated carbocycles. The molecule has 94 valence electrons. The molecule has 1 N–H and O–H groups in total. The zero-order valence-corrected chi connectivity index (χ0v) is 10.7. The molecular weight excluding hydrogens is 242 g/mol. The number of carboxylic acid groups (broad SMARTS) is 1. The van der Waals surface area contributed by atoms with E-state index >= 15 is 0 Å². The van der Waals surface area contributed by atoms with Gasteiger partial charge in [0.05, 0.1) is 17.9 Å². The Kier molecular flexibility index (Phi) is 3.77. The van der Waals surface area contributed by atoms with Crippen LogP contribution in [0.3, 0.4) is 0 Å². The Hall–Kier alpha value is -1.56. The van der Waals surface area contributed by atoms with Crippen LogP contribution in [-0.4, -0.2) is 32.8 Å². The third-order valence-electron chi connectivity index (χ3n) is 2.62. The third-order valence-corrected chi connectivity index (χ3v) is 3.83. The van der Waals surface area contributed by atoms with Gasteiger partial charge in [0.15, 0.2) is 0 Å². The summed E-state index contributed by atoms with van der Waals surface area (Å²) in [5, 5.41) is 8.84. The van der Waals surface area contributed by atoms with E-state index in [2.05, 4.69) is 0 Å². The van der Waals surface area contributed by atoms with Crippen molar-refractivity contribution in [3.8, 4) is 0 Å². The van der Waals surface area contributed by atoms with Crippen LogP contribution in [0.25, 0.3) is 0 Å². The number of nitrogens with zero attached hydrogens (tertiary/aromatic N) is 1. The van der Waals surface area contributed by atoms with E-state index in [9.17, 15) is 13.2 Å². The molecule has 1 atom stereocenters. The van der Waals surface area contributed by atoms with Crippen molar-refractivity contribution in [2.45, 2.75) is 12.8 Å². The zero-order chi connectivity index (χ0) is 13.2. The molecule has 0 aliphatic heterocycles. The lowest BCUT2D eigenvalue weighted by Gasteiger charge is -2.17.